The fourth-order valence-corrected chi connectivity index (χ4v) is 1.64. The van der Waals surface area contributed by atoms with E-state index in [2.05, 4.69) is 21.2 Å². The number of carbonyl (C=O) groups excluding carboxylic acids is 1. The minimum absolute atomic E-state index is 0.215. The second-order valence-electron chi connectivity index (χ2n) is 2.82. The minimum atomic E-state index is -0.215. The molecule has 0 saturated carbocycles. The quantitative estimate of drug-likeness (QED) is 0.706. The van der Waals surface area contributed by atoms with Crippen LogP contribution in [0.1, 0.15) is 5.56 Å². The molecule has 68 valence electrons. The van der Waals surface area contributed by atoms with Gasteiger partial charge in [-0.05, 0) is 18.2 Å². The van der Waals surface area contributed by atoms with Gasteiger partial charge in [0.25, 0.3) is 0 Å². The summed E-state index contributed by atoms with van der Waals surface area (Å²) in [5, 5.41) is 3.01. The summed E-state index contributed by atoms with van der Waals surface area (Å²) >= 11 is 3.36. The van der Waals surface area contributed by atoms with Crippen LogP contribution < -0.4 is 5.32 Å². The molecule has 0 unspecified atom stereocenters. The molecule has 1 aliphatic rings. The predicted molar refractivity (Wildman–Crippen MR) is 52.4 cm³/mol. The van der Waals surface area contributed by atoms with Crippen LogP contribution in [0, 0.1) is 0 Å². The molecular weight excluding hydrogens is 234 g/mol. The van der Waals surface area contributed by atoms with Crippen molar-refractivity contribution in [3.8, 4) is 0 Å². The van der Waals surface area contributed by atoms with Crippen molar-refractivity contribution in [3.05, 3.63) is 28.2 Å². The van der Waals surface area contributed by atoms with Crippen molar-refractivity contribution in [2.75, 3.05) is 11.9 Å². The van der Waals surface area contributed by atoms with Gasteiger partial charge in [0.2, 0.25) is 0 Å². The van der Waals surface area contributed by atoms with Gasteiger partial charge in [0, 0.05) is 15.7 Å². The van der Waals surface area contributed by atoms with Gasteiger partial charge in [-0.2, -0.15) is 0 Å². The number of benzene rings is 1. The van der Waals surface area contributed by atoms with Crippen molar-refractivity contribution >= 4 is 27.6 Å². The minimum Gasteiger partial charge on any atom is -0.459 e. The smallest absolute Gasteiger partial charge is 0.325 e. The lowest BCUT2D eigenvalue weighted by Gasteiger charge is -2.04. The number of esters is 1. The Labute approximate surface area is 84.2 Å². The first-order chi connectivity index (χ1) is 6.25. The summed E-state index contributed by atoms with van der Waals surface area (Å²) < 4.78 is 5.95. The van der Waals surface area contributed by atoms with Crippen molar-refractivity contribution < 1.29 is 9.53 Å². The Balaban J connectivity index is 2.35. The molecule has 0 radical (unpaired) electrons. The normalized spacial score (nSPS) is 15.3. The fraction of sp³-hybridized carbons (Fsp3) is 0.222. The first-order valence-electron chi connectivity index (χ1n) is 3.93. The highest BCUT2D eigenvalue weighted by molar-refractivity contribution is 9.10. The zero-order valence-corrected chi connectivity index (χ0v) is 8.43. The SMILES string of the molecule is O=C1CNc2ccc(Br)cc2CO1. The molecule has 4 heteroatoms. The lowest BCUT2D eigenvalue weighted by atomic mass is 10.2. The van der Waals surface area contributed by atoms with E-state index in [0.717, 1.165) is 15.7 Å². The Morgan fingerprint density at radius 3 is 3.15 bits per heavy atom. The zero-order chi connectivity index (χ0) is 9.26. The van der Waals surface area contributed by atoms with Crippen LogP contribution >= 0.6 is 15.9 Å². The molecule has 13 heavy (non-hydrogen) atoms. The second-order valence-corrected chi connectivity index (χ2v) is 3.73. The highest BCUT2D eigenvalue weighted by Gasteiger charge is 2.12. The maximum absolute atomic E-state index is 10.9. The molecule has 0 saturated heterocycles. The molecule has 0 bridgehead atoms. The number of fused-ring (bicyclic) bond motifs is 1. The van der Waals surface area contributed by atoms with Crippen molar-refractivity contribution in [2.45, 2.75) is 6.61 Å². The Morgan fingerprint density at radius 1 is 1.46 bits per heavy atom. The number of cyclic esters (lactones) is 1. The maximum atomic E-state index is 10.9. The molecule has 0 atom stereocenters. The third-order valence-corrected chi connectivity index (χ3v) is 2.37. The van der Waals surface area contributed by atoms with Crippen LogP contribution in [0.25, 0.3) is 0 Å². The largest absolute Gasteiger partial charge is 0.459 e. The zero-order valence-electron chi connectivity index (χ0n) is 6.84. The average molecular weight is 242 g/mol. The molecule has 2 rings (SSSR count). The summed E-state index contributed by atoms with van der Waals surface area (Å²) in [7, 11) is 0. The van der Waals surface area contributed by atoms with Crippen LogP contribution in [0.4, 0.5) is 5.69 Å². The highest BCUT2D eigenvalue weighted by atomic mass is 79.9. The molecule has 1 heterocycles. The molecule has 0 amide bonds. The number of hydrogen-bond acceptors (Lipinski definition) is 3. The Kier molecular flexibility index (Phi) is 2.22. The lowest BCUT2D eigenvalue weighted by Crippen LogP contribution is -2.12. The van der Waals surface area contributed by atoms with Gasteiger partial charge in [-0.1, -0.05) is 15.9 Å². The topological polar surface area (TPSA) is 38.3 Å². The summed E-state index contributed by atoms with van der Waals surface area (Å²) in [6.45, 7) is 0.592. The van der Waals surface area contributed by atoms with Crippen LogP contribution in [0.5, 0.6) is 0 Å². The van der Waals surface area contributed by atoms with Gasteiger partial charge < -0.3 is 10.1 Å². The third kappa shape index (κ3) is 1.83. The fourth-order valence-electron chi connectivity index (χ4n) is 1.23. The van der Waals surface area contributed by atoms with Crippen molar-refractivity contribution in [1.82, 2.24) is 0 Å². The Morgan fingerprint density at radius 2 is 2.31 bits per heavy atom. The van der Waals surface area contributed by atoms with Gasteiger partial charge in [0.05, 0.1) is 0 Å². The van der Waals surface area contributed by atoms with E-state index in [1.165, 1.54) is 0 Å². The molecule has 1 aliphatic heterocycles. The van der Waals surface area contributed by atoms with E-state index < -0.39 is 0 Å². The van der Waals surface area contributed by atoms with Crippen molar-refractivity contribution in [3.63, 3.8) is 0 Å². The standard InChI is InChI=1S/C9H8BrNO2/c10-7-1-2-8-6(3-7)5-13-9(12)4-11-8/h1-3,11H,4-5H2. The highest BCUT2D eigenvalue weighted by Crippen LogP contribution is 2.23. The molecule has 0 aromatic heterocycles. The summed E-state index contributed by atoms with van der Waals surface area (Å²) in [6.07, 6.45) is 0. The molecule has 0 aliphatic carbocycles. The molecule has 1 N–H and O–H groups in total. The number of nitrogens with one attached hydrogen (secondary N) is 1. The average Bonchev–Trinajstić information content (AvgIpc) is 2.29. The Hall–Kier alpha value is -1.03. The van der Waals surface area contributed by atoms with Crippen LogP contribution in [0.3, 0.4) is 0 Å². The first-order valence-corrected chi connectivity index (χ1v) is 4.73. The number of ether oxygens (including phenoxy) is 1. The Bertz CT molecular complexity index is 351. The maximum Gasteiger partial charge on any atom is 0.325 e. The van der Waals surface area contributed by atoms with Crippen LogP contribution in [0.2, 0.25) is 0 Å². The van der Waals surface area contributed by atoms with Crippen LogP contribution in [-0.4, -0.2) is 12.5 Å². The first kappa shape index (κ1) is 8.56. The number of halogens is 1. The van der Waals surface area contributed by atoms with Gasteiger partial charge in [-0.25, -0.2) is 0 Å². The van der Waals surface area contributed by atoms with Gasteiger partial charge in [0.15, 0.2) is 0 Å². The van der Waals surface area contributed by atoms with E-state index in [4.69, 9.17) is 4.74 Å². The summed E-state index contributed by atoms with van der Waals surface area (Å²) in [5.74, 6) is -0.215. The monoisotopic (exact) mass is 241 g/mol. The summed E-state index contributed by atoms with van der Waals surface area (Å²) in [5.41, 5.74) is 1.97. The number of rotatable bonds is 0. The van der Waals surface area contributed by atoms with E-state index in [1.54, 1.807) is 0 Å². The number of carbonyl (C=O) groups is 1. The van der Waals surface area contributed by atoms with Crippen LogP contribution in [-0.2, 0) is 16.1 Å². The van der Waals surface area contributed by atoms with E-state index in [1.807, 2.05) is 18.2 Å². The van der Waals surface area contributed by atoms with E-state index in [-0.39, 0.29) is 12.5 Å². The second kappa shape index (κ2) is 3.38. The lowest BCUT2D eigenvalue weighted by molar-refractivity contribution is -0.142. The predicted octanol–water partition coefficient (Wildman–Crippen LogP) is 1.92. The van der Waals surface area contributed by atoms with Gasteiger partial charge in [-0.15, -0.1) is 0 Å². The summed E-state index contributed by atoms with van der Waals surface area (Å²) in [4.78, 5) is 10.9. The van der Waals surface area contributed by atoms with Gasteiger partial charge in [0.1, 0.15) is 13.2 Å². The van der Waals surface area contributed by atoms with Crippen LogP contribution in [0.15, 0.2) is 22.7 Å². The van der Waals surface area contributed by atoms with Gasteiger partial charge in [-0.3, -0.25) is 4.79 Å². The molecule has 0 spiro atoms. The van der Waals surface area contributed by atoms with E-state index in [0.29, 0.717) is 6.61 Å². The van der Waals surface area contributed by atoms with Crippen molar-refractivity contribution in [1.29, 1.82) is 0 Å². The van der Waals surface area contributed by atoms with E-state index >= 15 is 0 Å². The number of anilines is 1. The molecule has 3 nitrogen and oxygen atoms in total. The molecular formula is C9H8BrNO2. The molecule has 0 fully saturated rings. The van der Waals surface area contributed by atoms with Gasteiger partial charge >= 0.3 is 5.97 Å². The molecule has 1 aromatic rings. The summed E-state index contributed by atoms with van der Waals surface area (Å²) in [6, 6.07) is 5.81. The van der Waals surface area contributed by atoms with Crippen molar-refractivity contribution in [2.24, 2.45) is 0 Å². The van der Waals surface area contributed by atoms with E-state index in [9.17, 15) is 4.79 Å². The molecule has 1 aromatic carbocycles. The number of hydrogen-bond donors (Lipinski definition) is 1. The third-order valence-electron chi connectivity index (χ3n) is 1.88.